The Bertz CT molecular complexity index is 498. The number of allylic oxidation sites excluding steroid dienone is 2. The number of hydrogen-bond acceptors (Lipinski definition) is 3. The van der Waals surface area contributed by atoms with Gasteiger partial charge in [-0.05, 0) is 0 Å². The smallest absolute Gasteiger partial charge is 0.153 e. The summed E-state index contributed by atoms with van der Waals surface area (Å²) in [7, 11) is 0. The van der Waals surface area contributed by atoms with E-state index in [0.717, 1.165) is 10.4 Å². The standard InChI is InChI=1S/C11H13N3/c1-11(2)5-3-4-9-8(6-11)7-13-14-10(9)12/h3-7H,1-2H3,(H2,12,14). The first kappa shape index (κ1) is 8.94. The van der Waals surface area contributed by atoms with Gasteiger partial charge in [0.25, 0.3) is 0 Å². The van der Waals surface area contributed by atoms with Crippen LogP contribution < -0.4 is 16.2 Å². The molecular formula is C11H13N3. The normalized spacial score (nSPS) is 17.6. The minimum atomic E-state index is 0.0389. The van der Waals surface area contributed by atoms with Crippen LogP contribution in [0.1, 0.15) is 13.8 Å². The Kier molecular flexibility index (Phi) is 1.88. The van der Waals surface area contributed by atoms with E-state index in [2.05, 4.69) is 36.2 Å². The van der Waals surface area contributed by atoms with Crippen LogP contribution in [0.5, 0.6) is 0 Å². The van der Waals surface area contributed by atoms with Crippen LogP contribution in [0.4, 0.5) is 5.82 Å². The number of aromatic nitrogens is 2. The molecule has 0 saturated carbocycles. The zero-order chi connectivity index (χ0) is 10.2. The Hall–Kier alpha value is -1.64. The van der Waals surface area contributed by atoms with Crippen molar-refractivity contribution in [2.75, 3.05) is 5.73 Å². The fourth-order valence-corrected chi connectivity index (χ4v) is 1.56. The van der Waals surface area contributed by atoms with E-state index in [1.54, 1.807) is 6.20 Å². The van der Waals surface area contributed by atoms with Crippen LogP contribution in [0, 0.1) is 5.41 Å². The highest BCUT2D eigenvalue weighted by Gasteiger charge is 2.11. The number of nitrogen functional groups attached to an aromatic ring is 1. The molecule has 2 N–H and O–H groups in total. The van der Waals surface area contributed by atoms with E-state index in [4.69, 9.17) is 5.73 Å². The topological polar surface area (TPSA) is 51.8 Å². The number of fused-ring (bicyclic) bond motifs is 1. The summed E-state index contributed by atoms with van der Waals surface area (Å²) in [5.74, 6) is 0.487. The predicted octanol–water partition coefficient (Wildman–Crippen LogP) is 0.216. The third kappa shape index (κ3) is 1.53. The zero-order valence-electron chi connectivity index (χ0n) is 8.36. The Labute approximate surface area is 82.7 Å². The first-order chi connectivity index (χ1) is 6.58. The molecule has 1 aliphatic rings. The monoisotopic (exact) mass is 187 g/mol. The second-order valence-corrected chi connectivity index (χ2v) is 4.09. The minimum absolute atomic E-state index is 0.0389. The molecule has 0 saturated heterocycles. The number of nitrogens with zero attached hydrogens (tertiary/aromatic N) is 2. The molecule has 3 nitrogen and oxygen atoms in total. The van der Waals surface area contributed by atoms with Gasteiger partial charge in [-0.25, -0.2) is 0 Å². The largest absolute Gasteiger partial charge is 0.382 e. The summed E-state index contributed by atoms with van der Waals surface area (Å²) in [6.45, 7) is 4.28. The maximum absolute atomic E-state index is 5.74. The third-order valence-electron chi connectivity index (χ3n) is 2.27. The van der Waals surface area contributed by atoms with Crippen LogP contribution in [-0.4, -0.2) is 10.2 Å². The molecule has 0 atom stereocenters. The molecule has 1 aliphatic carbocycles. The van der Waals surface area contributed by atoms with Crippen molar-refractivity contribution in [2.45, 2.75) is 13.8 Å². The fourth-order valence-electron chi connectivity index (χ4n) is 1.56. The van der Waals surface area contributed by atoms with Gasteiger partial charge in [0.1, 0.15) is 0 Å². The van der Waals surface area contributed by atoms with Crippen LogP contribution in [0.2, 0.25) is 0 Å². The number of rotatable bonds is 0. The maximum Gasteiger partial charge on any atom is 0.153 e. The second-order valence-electron chi connectivity index (χ2n) is 4.09. The number of nitrogens with two attached hydrogens (primary N) is 1. The molecule has 0 fully saturated rings. The molecule has 72 valence electrons. The highest BCUT2D eigenvalue weighted by atomic mass is 15.1. The van der Waals surface area contributed by atoms with E-state index >= 15 is 0 Å². The predicted molar refractivity (Wildman–Crippen MR) is 57.5 cm³/mol. The van der Waals surface area contributed by atoms with Gasteiger partial charge in [0.2, 0.25) is 0 Å². The van der Waals surface area contributed by atoms with Gasteiger partial charge in [-0.2, -0.15) is 5.10 Å². The van der Waals surface area contributed by atoms with Crippen molar-refractivity contribution < 1.29 is 0 Å². The van der Waals surface area contributed by atoms with Gasteiger partial charge in [-0.3, -0.25) is 0 Å². The molecule has 1 heterocycles. The SMILES string of the molecule is CC1(C)C=CC=c2c(N)nncc2=C1. The molecule has 1 aromatic heterocycles. The average molecular weight is 187 g/mol. The molecule has 3 heteroatoms. The summed E-state index contributed by atoms with van der Waals surface area (Å²) >= 11 is 0. The highest BCUT2D eigenvalue weighted by molar-refractivity contribution is 5.52. The minimum Gasteiger partial charge on any atom is -0.382 e. The van der Waals surface area contributed by atoms with Crippen molar-refractivity contribution in [1.82, 2.24) is 10.2 Å². The molecule has 0 aliphatic heterocycles. The van der Waals surface area contributed by atoms with Crippen molar-refractivity contribution >= 4 is 18.0 Å². The quantitative estimate of drug-likeness (QED) is 0.632. The van der Waals surface area contributed by atoms with Crippen LogP contribution >= 0.6 is 0 Å². The lowest BCUT2D eigenvalue weighted by molar-refractivity contribution is 0.670. The van der Waals surface area contributed by atoms with Crippen molar-refractivity contribution in [2.24, 2.45) is 5.41 Å². The van der Waals surface area contributed by atoms with Gasteiger partial charge in [0.15, 0.2) is 5.82 Å². The summed E-state index contributed by atoms with van der Waals surface area (Å²) in [6, 6.07) is 0. The lowest BCUT2D eigenvalue weighted by Crippen LogP contribution is -2.30. The van der Waals surface area contributed by atoms with Gasteiger partial charge in [0.05, 0.1) is 6.20 Å². The molecule has 1 aromatic rings. The Morgan fingerprint density at radius 3 is 2.93 bits per heavy atom. The van der Waals surface area contributed by atoms with E-state index < -0.39 is 0 Å². The van der Waals surface area contributed by atoms with Crippen LogP contribution in [0.25, 0.3) is 12.2 Å². The summed E-state index contributed by atoms with van der Waals surface area (Å²) in [4.78, 5) is 0. The Morgan fingerprint density at radius 2 is 2.14 bits per heavy atom. The maximum atomic E-state index is 5.74. The van der Waals surface area contributed by atoms with Crippen LogP contribution in [0.15, 0.2) is 18.3 Å². The van der Waals surface area contributed by atoms with E-state index in [1.165, 1.54) is 0 Å². The number of anilines is 1. The van der Waals surface area contributed by atoms with Gasteiger partial charge < -0.3 is 5.73 Å². The van der Waals surface area contributed by atoms with Gasteiger partial charge in [-0.1, -0.05) is 38.2 Å². The molecular weight excluding hydrogens is 174 g/mol. The van der Waals surface area contributed by atoms with Gasteiger partial charge >= 0.3 is 0 Å². The second kappa shape index (κ2) is 2.94. The average Bonchev–Trinajstić information content (AvgIpc) is 2.23. The van der Waals surface area contributed by atoms with Crippen molar-refractivity contribution in [3.8, 4) is 0 Å². The fraction of sp³-hybridized carbons (Fsp3) is 0.273. The lowest BCUT2D eigenvalue weighted by Gasteiger charge is -2.12. The van der Waals surface area contributed by atoms with Crippen molar-refractivity contribution in [1.29, 1.82) is 0 Å². The van der Waals surface area contributed by atoms with Gasteiger partial charge in [-0.15, -0.1) is 5.10 Å². The van der Waals surface area contributed by atoms with Crippen molar-refractivity contribution in [3.63, 3.8) is 0 Å². The van der Waals surface area contributed by atoms with E-state index in [0.29, 0.717) is 5.82 Å². The van der Waals surface area contributed by atoms with Crippen LogP contribution in [0.3, 0.4) is 0 Å². The molecule has 0 spiro atoms. The van der Waals surface area contributed by atoms with Gasteiger partial charge in [0, 0.05) is 15.9 Å². The lowest BCUT2D eigenvalue weighted by atomic mass is 9.92. The molecule has 14 heavy (non-hydrogen) atoms. The van der Waals surface area contributed by atoms with E-state index in [9.17, 15) is 0 Å². The molecule has 0 aromatic carbocycles. The summed E-state index contributed by atoms with van der Waals surface area (Å²) in [6.07, 6.45) is 10.0. The van der Waals surface area contributed by atoms with Crippen LogP contribution in [-0.2, 0) is 0 Å². The molecule has 0 unspecified atom stereocenters. The summed E-state index contributed by atoms with van der Waals surface area (Å²) in [5.41, 5.74) is 5.78. The highest BCUT2D eigenvalue weighted by Crippen LogP contribution is 2.19. The molecule has 0 radical (unpaired) electrons. The molecule has 0 bridgehead atoms. The third-order valence-corrected chi connectivity index (χ3v) is 2.27. The summed E-state index contributed by atoms with van der Waals surface area (Å²) in [5, 5.41) is 9.68. The Morgan fingerprint density at radius 1 is 1.36 bits per heavy atom. The molecule has 2 rings (SSSR count). The van der Waals surface area contributed by atoms with Crippen molar-refractivity contribution in [3.05, 3.63) is 28.8 Å². The Balaban J connectivity index is 2.83. The first-order valence-corrected chi connectivity index (χ1v) is 4.58. The summed E-state index contributed by atoms with van der Waals surface area (Å²) < 4.78 is 0. The first-order valence-electron chi connectivity index (χ1n) is 4.58. The number of hydrogen-bond donors (Lipinski definition) is 1. The molecule has 0 amide bonds. The van der Waals surface area contributed by atoms with E-state index in [1.807, 2.05) is 12.2 Å². The zero-order valence-corrected chi connectivity index (χ0v) is 8.36. The van der Waals surface area contributed by atoms with E-state index in [-0.39, 0.29) is 5.41 Å².